The van der Waals surface area contributed by atoms with E-state index in [0.717, 1.165) is 21.2 Å². The van der Waals surface area contributed by atoms with Crippen molar-refractivity contribution in [3.05, 3.63) is 46.3 Å². The third-order valence-electron chi connectivity index (χ3n) is 6.60. The van der Waals surface area contributed by atoms with Gasteiger partial charge in [-0.25, -0.2) is 4.79 Å². The highest BCUT2D eigenvalue weighted by Crippen LogP contribution is 2.38. The number of fused-ring (bicyclic) bond motifs is 2. The summed E-state index contributed by atoms with van der Waals surface area (Å²) in [5.74, 6) is 1.85. The van der Waals surface area contributed by atoms with Crippen LogP contribution in [0.2, 0.25) is 0 Å². The lowest BCUT2D eigenvalue weighted by atomic mass is 10.1. The van der Waals surface area contributed by atoms with Gasteiger partial charge in [0.2, 0.25) is 0 Å². The topological polar surface area (TPSA) is 110 Å². The summed E-state index contributed by atoms with van der Waals surface area (Å²) in [6, 6.07) is 9.34. The van der Waals surface area contributed by atoms with E-state index in [2.05, 4.69) is 0 Å². The lowest BCUT2D eigenvalue weighted by Gasteiger charge is -2.24. The van der Waals surface area contributed by atoms with Crippen molar-refractivity contribution in [3.63, 3.8) is 0 Å². The number of hydrogen-bond acceptors (Lipinski definition) is 10. The van der Waals surface area contributed by atoms with Crippen molar-refractivity contribution >= 4 is 39.3 Å². The van der Waals surface area contributed by atoms with E-state index < -0.39 is 5.60 Å². The Kier molecular flexibility index (Phi) is 10.4. The van der Waals surface area contributed by atoms with Crippen molar-refractivity contribution in [2.45, 2.75) is 65.6 Å². The van der Waals surface area contributed by atoms with Crippen LogP contribution in [-0.4, -0.2) is 62.4 Å². The molecule has 0 N–H and O–H groups in total. The van der Waals surface area contributed by atoms with Gasteiger partial charge in [-0.1, -0.05) is 0 Å². The summed E-state index contributed by atoms with van der Waals surface area (Å²) < 4.78 is 34.5. The van der Waals surface area contributed by atoms with Crippen LogP contribution in [-0.2, 0) is 27.4 Å². The molecule has 0 aliphatic carbocycles. The first-order valence-corrected chi connectivity index (χ1v) is 15.1. The summed E-state index contributed by atoms with van der Waals surface area (Å²) in [5, 5.41) is 0.861. The Labute approximate surface area is 255 Å². The summed E-state index contributed by atoms with van der Waals surface area (Å²) in [5.41, 5.74) is 1.43. The normalized spacial score (nSPS) is 12.6. The molecule has 2 heterocycles. The molecule has 11 heteroatoms. The molecule has 0 spiro atoms. The molecule has 0 bridgehead atoms. The van der Waals surface area contributed by atoms with Crippen LogP contribution in [0.1, 0.15) is 67.8 Å². The van der Waals surface area contributed by atoms with Gasteiger partial charge in [-0.3, -0.25) is 14.5 Å². The van der Waals surface area contributed by atoms with Crippen LogP contribution in [0.15, 0.2) is 30.3 Å². The first-order valence-electron chi connectivity index (χ1n) is 14.2. The number of carbonyl (C=O) groups is 3. The third-order valence-corrected chi connectivity index (χ3v) is 7.74. The standard InChI is InChI=1S/C32H39NO9S/c1-7-39-30(35)10-9-23(34)29-16-20-13-26(25(38-6)17-28(20)43-29)40-11-8-12-41-27-15-22-19-33(31(36)42-32(2,3)4)18-21(22)14-24(27)37-5/h13-17H,7-12,18-19H2,1-6H3. The Morgan fingerprint density at radius 3 is 2.05 bits per heavy atom. The van der Waals surface area contributed by atoms with Gasteiger partial charge in [-0.2, -0.15) is 0 Å². The first-order chi connectivity index (χ1) is 20.5. The average Bonchev–Trinajstić information content (AvgIpc) is 3.57. The maximum Gasteiger partial charge on any atom is 0.410 e. The second kappa shape index (κ2) is 14.0. The molecule has 10 nitrogen and oxygen atoms in total. The fourth-order valence-corrected chi connectivity index (χ4v) is 5.63. The van der Waals surface area contributed by atoms with Crippen LogP contribution in [0.4, 0.5) is 4.79 Å². The fraction of sp³-hybridized carbons (Fsp3) is 0.469. The monoisotopic (exact) mass is 613 g/mol. The lowest BCUT2D eigenvalue weighted by Crippen LogP contribution is -2.33. The Hall–Kier alpha value is -3.99. The molecule has 3 aromatic rings. The lowest BCUT2D eigenvalue weighted by molar-refractivity contribution is -0.143. The van der Waals surface area contributed by atoms with Gasteiger partial charge in [0.15, 0.2) is 28.8 Å². The first kappa shape index (κ1) is 31.9. The molecular weight excluding hydrogens is 574 g/mol. The molecule has 43 heavy (non-hydrogen) atoms. The van der Waals surface area contributed by atoms with Crippen molar-refractivity contribution in [2.24, 2.45) is 0 Å². The van der Waals surface area contributed by atoms with Crippen molar-refractivity contribution in [3.8, 4) is 23.0 Å². The van der Waals surface area contributed by atoms with E-state index >= 15 is 0 Å². The summed E-state index contributed by atoms with van der Waals surface area (Å²) >= 11 is 1.36. The zero-order valence-electron chi connectivity index (χ0n) is 25.6. The molecule has 0 saturated carbocycles. The van der Waals surface area contributed by atoms with Crippen molar-refractivity contribution in [1.29, 1.82) is 0 Å². The smallest absolute Gasteiger partial charge is 0.410 e. The molecule has 0 fully saturated rings. The van der Waals surface area contributed by atoms with E-state index in [1.54, 1.807) is 26.0 Å². The molecule has 0 radical (unpaired) electrons. The van der Waals surface area contributed by atoms with Crippen LogP contribution in [0, 0.1) is 0 Å². The summed E-state index contributed by atoms with van der Waals surface area (Å²) in [7, 11) is 3.16. The zero-order valence-corrected chi connectivity index (χ0v) is 26.4. The largest absolute Gasteiger partial charge is 0.493 e. The molecule has 1 aliphatic heterocycles. The summed E-state index contributed by atoms with van der Waals surface area (Å²) in [4.78, 5) is 39.0. The van der Waals surface area contributed by atoms with Gasteiger partial charge >= 0.3 is 12.1 Å². The van der Waals surface area contributed by atoms with Crippen LogP contribution >= 0.6 is 11.3 Å². The number of benzene rings is 2. The van der Waals surface area contributed by atoms with E-state index in [1.165, 1.54) is 11.3 Å². The highest BCUT2D eigenvalue weighted by atomic mass is 32.1. The molecule has 2 aromatic carbocycles. The number of amides is 1. The molecule has 4 rings (SSSR count). The van der Waals surface area contributed by atoms with Gasteiger partial charge in [0.1, 0.15) is 5.60 Å². The molecule has 0 atom stereocenters. The molecule has 1 aliphatic rings. The van der Waals surface area contributed by atoms with E-state index in [0.29, 0.717) is 67.2 Å². The van der Waals surface area contributed by atoms with Crippen LogP contribution in [0.25, 0.3) is 10.1 Å². The highest BCUT2D eigenvalue weighted by Gasteiger charge is 2.29. The molecular formula is C32H39NO9S. The summed E-state index contributed by atoms with van der Waals surface area (Å²) in [6.45, 7) is 9.22. The summed E-state index contributed by atoms with van der Waals surface area (Å²) in [6.07, 6.45) is 0.397. The predicted octanol–water partition coefficient (Wildman–Crippen LogP) is 6.54. The number of esters is 1. The van der Waals surface area contributed by atoms with Gasteiger partial charge in [0.05, 0.1) is 45.3 Å². The maximum atomic E-state index is 12.6. The number of hydrogen-bond donors (Lipinski definition) is 0. The van der Waals surface area contributed by atoms with E-state index in [9.17, 15) is 14.4 Å². The minimum Gasteiger partial charge on any atom is -0.493 e. The van der Waals surface area contributed by atoms with Gasteiger partial charge in [-0.15, -0.1) is 11.3 Å². The van der Waals surface area contributed by atoms with E-state index in [-0.39, 0.29) is 30.7 Å². The Morgan fingerprint density at radius 2 is 1.44 bits per heavy atom. The quantitative estimate of drug-likeness (QED) is 0.121. The molecule has 0 saturated heterocycles. The highest BCUT2D eigenvalue weighted by molar-refractivity contribution is 7.20. The van der Waals surface area contributed by atoms with Crippen molar-refractivity contribution in [2.75, 3.05) is 34.0 Å². The van der Waals surface area contributed by atoms with Crippen LogP contribution in [0.3, 0.4) is 0 Å². The number of ether oxygens (including phenoxy) is 6. The fourth-order valence-electron chi connectivity index (χ4n) is 4.59. The van der Waals surface area contributed by atoms with Crippen molar-refractivity contribution in [1.82, 2.24) is 4.90 Å². The number of ketones is 1. The van der Waals surface area contributed by atoms with E-state index in [1.807, 2.05) is 51.1 Å². The molecule has 232 valence electrons. The number of carbonyl (C=O) groups excluding carboxylic acids is 3. The number of Topliss-reactive ketones (excluding diaryl/α,β-unsaturated/α-hetero) is 1. The average molecular weight is 614 g/mol. The van der Waals surface area contributed by atoms with Crippen molar-refractivity contribution < 1.29 is 42.8 Å². The Morgan fingerprint density at radius 1 is 0.837 bits per heavy atom. The van der Waals surface area contributed by atoms with Crippen LogP contribution < -0.4 is 18.9 Å². The van der Waals surface area contributed by atoms with Crippen LogP contribution in [0.5, 0.6) is 23.0 Å². The van der Waals surface area contributed by atoms with Gasteiger partial charge in [0.25, 0.3) is 0 Å². The Balaban J connectivity index is 1.32. The molecule has 1 amide bonds. The predicted molar refractivity (Wildman–Crippen MR) is 163 cm³/mol. The van der Waals surface area contributed by atoms with E-state index in [4.69, 9.17) is 28.4 Å². The third kappa shape index (κ3) is 8.31. The minimum atomic E-state index is -0.562. The van der Waals surface area contributed by atoms with Gasteiger partial charge < -0.3 is 28.4 Å². The Bertz CT molecular complexity index is 1470. The number of methoxy groups -OCH3 is 2. The zero-order chi connectivity index (χ0) is 31.1. The molecule has 0 unspecified atom stereocenters. The second-order valence-electron chi connectivity index (χ2n) is 11.0. The molecule has 1 aromatic heterocycles. The number of rotatable bonds is 13. The number of thiophene rings is 1. The SMILES string of the molecule is CCOC(=O)CCC(=O)c1cc2cc(OCCCOc3cc4c(cc3OC)CN(C(=O)OC(C)(C)C)C4)c(OC)cc2s1. The minimum absolute atomic E-state index is 0.0581. The maximum absolute atomic E-state index is 12.6. The second-order valence-corrected chi connectivity index (χ2v) is 12.1. The van der Waals surface area contributed by atoms with Gasteiger partial charge in [-0.05, 0) is 68.5 Å². The number of nitrogens with zero attached hydrogens (tertiary/aromatic N) is 1. The van der Waals surface area contributed by atoms with Gasteiger partial charge in [0, 0.05) is 36.7 Å².